The van der Waals surface area contributed by atoms with E-state index >= 15 is 0 Å². The highest BCUT2D eigenvalue weighted by atomic mass is 79.9. The number of hydrogen-bond donors (Lipinski definition) is 1. The first-order valence-electron chi connectivity index (χ1n) is 8.81. The van der Waals surface area contributed by atoms with Crippen LogP contribution >= 0.6 is 47.8 Å². The Morgan fingerprint density at radius 3 is 1.97 bits per heavy atom. The molecular formula is C22H13Br3N2O3. The van der Waals surface area contributed by atoms with Gasteiger partial charge in [0.25, 0.3) is 5.78 Å². The van der Waals surface area contributed by atoms with Gasteiger partial charge in [0.05, 0.1) is 11.6 Å². The summed E-state index contributed by atoms with van der Waals surface area (Å²) in [6.07, 6.45) is 1.56. The van der Waals surface area contributed by atoms with Crippen LogP contribution in [0.15, 0.2) is 85.9 Å². The van der Waals surface area contributed by atoms with E-state index in [9.17, 15) is 14.7 Å². The second-order valence-electron chi connectivity index (χ2n) is 6.56. The number of aliphatic hydroxyl groups excluding tert-OH is 1. The summed E-state index contributed by atoms with van der Waals surface area (Å²) in [5, 5.41) is 11.0. The Labute approximate surface area is 197 Å². The van der Waals surface area contributed by atoms with Crippen molar-refractivity contribution in [2.75, 3.05) is 4.90 Å². The Kier molecular flexibility index (Phi) is 5.90. The highest BCUT2D eigenvalue weighted by Gasteiger charge is 2.47. The highest BCUT2D eigenvalue weighted by molar-refractivity contribution is 9.11. The Balaban J connectivity index is 1.93. The predicted molar refractivity (Wildman–Crippen MR) is 125 cm³/mol. The third-order valence-electron chi connectivity index (χ3n) is 4.71. The fraction of sp³-hybridized carbons (Fsp3) is 0.0455. The molecule has 0 bridgehead atoms. The van der Waals surface area contributed by atoms with Gasteiger partial charge in [0.1, 0.15) is 11.6 Å². The molecule has 1 amide bonds. The number of carbonyl (C=O) groups excluding carboxylic acids is 2. The van der Waals surface area contributed by atoms with Crippen LogP contribution in [0.5, 0.6) is 0 Å². The molecule has 1 aliphatic rings. The van der Waals surface area contributed by atoms with Gasteiger partial charge in [0.15, 0.2) is 0 Å². The van der Waals surface area contributed by atoms with Crippen LogP contribution in [0.3, 0.4) is 0 Å². The molecule has 3 aromatic rings. The highest BCUT2D eigenvalue weighted by Crippen LogP contribution is 2.42. The maximum atomic E-state index is 13.0. The number of aromatic nitrogens is 1. The van der Waals surface area contributed by atoms with E-state index in [0.717, 1.165) is 13.4 Å². The zero-order valence-corrected chi connectivity index (χ0v) is 20.0. The summed E-state index contributed by atoms with van der Waals surface area (Å²) >= 11 is 10.1. The largest absolute Gasteiger partial charge is 0.507 e. The first-order valence-corrected chi connectivity index (χ1v) is 11.2. The summed E-state index contributed by atoms with van der Waals surface area (Å²) in [6, 6.07) is 16.7. The van der Waals surface area contributed by atoms with Gasteiger partial charge in [-0.1, -0.05) is 56.1 Å². The molecule has 1 N–H and O–H groups in total. The van der Waals surface area contributed by atoms with Crippen LogP contribution in [0.4, 0.5) is 5.82 Å². The Morgan fingerprint density at radius 2 is 1.40 bits per heavy atom. The molecule has 0 aliphatic carbocycles. The number of Topliss-reactive ketones (excluding diaryl/α,β-unsaturated/α-hetero) is 1. The molecule has 30 heavy (non-hydrogen) atoms. The summed E-state index contributed by atoms with van der Waals surface area (Å²) < 4.78 is 2.44. The minimum atomic E-state index is -0.810. The summed E-state index contributed by atoms with van der Waals surface area (Å²) in [4.78, 5) is 31.7. The van der Waals surface area contributed by atoms with E-state index in [2.05, 4.69) is 52.8 Å². The fourth-order valence-corrected chi connectivity index (χ4v) is 4.07. The van der Waals surface area contributed by atoms with E-state index in [1.54, 1.807) is 54.7 Å². The lowest BCUT2D eigenvalue weighted by Crippen LogP contribution is -2.30. The molecule has 0 radical (unpaired) electrons. The zero-order valence-electron chi connectivity index (χ0n) is 15.2. The van der Waals surface area contributed by atoms with Gasteiger partial charge in [-0.15, -0.1) is 0 Å². The van der Waals surface area contributed by atoms with Gasteiger partial charge >= 0.3 is 5.91 Å². The van der Waals surface area contributed by atoms with Crippen LogP contribution in [0.2, 0.25) is 0 Å². The van der Waals surface area contributed by atoms with Gasteiger partial charge < -0.3 is 5.11 Å². The number of carbonyl (C=O) groups is 2. The number of anilines is 1. The third-order valence-corrected chi connectivity index (χ3v) is 6.23. The van der Waals surface area contributed by atoms with Gasteiger partial charge in [0.2, 0.25) is 0 Å². The van der Waals surface area contributed by atoms with Crippen molar-refractivity contribution >= 4 is 71.1 Å². The van der Waals surface area contributed by atoms with Crippen LogP contribution in [0, 0.1) is 0 Å². The van der Waals surface area contributed by atoms with Crippen LogP contribution in [-0.4, -0.2) is 21.8 Å². The molecule has 2 heterocycles. The Hall–Kier alpha value is -2.29. The maximum absolute atomic E-state index is 13.0. The molecule has 4 rings (SSSR count). The second kappa shape index (κ2) is 8.45. The number of nitrogens with zero attached hydrogens (tertiary/aromatic N) is 2. The number of ketones is 1. The predicted octanol–water partition coefficient (Wildman–Crippen LogP) is 6.00. The van der Waals surface area contributed by atoms with Crippen molar-refractivity contribution in [1.82, 2.24) is 4.98 Å². The van der Waals surface area contributed by atoms with E-state index in [-0.39, 0.29) is 11.3 Å². The van der Waals surface area contributed by atoms with Crippen molar-refractivity contribution in [3.63, 3.8) is 0 Å². The molecule has 2 aromatic carbocycles. The van der Waals surface area contributed by atoms with Crippen molar-refractivity contribution in [2.24, 2.45) is 0 Å². The molecule has 8 heteroatoms. The molecule has 0 unspecified atom stereocenters. The van der Waals surface area contributed by atoms with Crippen LogP contribution in [0.25, 0.3) is 5.76 Å². The summed E-state index contributed by atoms with van der Waals surface area (Å²) in [6.45, 7) is 0. The molecule has 1 aliphatic heterocycles. The van der Waals surface area contributed by atoms with Crippen LogP contribution in [-0.2, 0) is 9.59 Å². The first-order chi connectivity index (χ1) is 14.4. The van der Waals surface area contributed by atoms with Gasteiger partial charge in [-0.05, 0) is 57.9 Å². The number of hydrogen-bond acceptors (Lipinski definition) is 4. The van der Waals surface area contributed by atoms with Gasteiger partial charge in [-0.25, -0.2) is 4.98 Å². The molecule has 0 saturated carbocycles. The number of rotatable bonds is 3. The molecule has 1 fully saturated rings. The van der Waals surface area contributed by atoms with E-state index in [4.69, 9.17) is 0 Å². The van der Waals surface area contributed by atoms with Crippen molar-refractivity contribution in [3.8, 4) is 0 Å². The lowest BCUT2D eigenvalue weighted by Gasteiger charge is -2.24. The standard InChI is InChI=1S/C22H13Br3N2O3/c23-14-5-1-12(2-6-14)19-18(20(28)13-3-7-15(24)8-4-13)21(29)22(30)27(19)17-10-9-16(25)11-26-17/h1-11,19,28H/t19-/m1/s1. The number of amides is 1. The molecule has 5 nitrogen and oxygen atoms in total. The van der Waals surface area contributed by atoms with Gasteiger partial charge in [0, 0.05) is 25.2 Å². The zero-order chi connectivity index (χ0) is 21.4. The molecule has 150 valence electrons. The van der Waals surface area contributed by atoms with Crippen molar-refractivity contribution in [1.29, 1.82) is 0 Å². The molecule has 1 saturated heterocycles. The van der Waals surface area contributed by atoms with Gasteiger partial charge in [-0.2, -0.15) is 0 Å². The smallest absolute Gasteiger partial charge is 0.301 e. The Bertz CT molecular complexity index is 1160. The van der Waals surface area contributed by atoms with Crippen molar-refractivity contribution in [2.45, 2.75) is 6.04 Å². The number of aliphatic hydroxyl groups is 1. The quantitative estimate of drug-likeness (QED) is 0.230. The topological polar surface area (TPSA) is 70.5 Å². The molecular weight excluding hydrogens is 580 g/mol. The summed E-state index contributed by atoms with van der Waals surface area (Å²) in [7, 11) is 0. The van der Waals surface area contributed by atoms with Crippen molar-refractivity contribution in [3.05, 3.63) is 97.0 Å². The third kappa shape index (κ3) is 3.87. The lowest BCUT2D eigenvalue weighted by molar-refractivity contribution is -0.132. The first kappa shape index (κ1) is 21.0. The number of benzene rings is 2. The average molecular weight is 593 g/mol. The SMILES string of the molecule is O=C1C(=O)N(c2ccc(Br)cn2)[C@H](c2ccc(Br)cc2)C1=C(O)c1ccc(Br)cc1. The van der Waals surface area contributed by atoms with Gasteiger partial charge in [-0.3, -0.25) is 14.5 Å². The molecule has 0 spiro atoms. The maximum Gasteiger partial charge on any atom is 0.301 e. The van der Waals surface area contributed by atoms with Crippen LogP contribution in [0.1, 0.15) is 17.2 Å². The summed E-state index contributed by atoms with van der Waals surface area (Å²) in [5.74, 6) is -1.40. The lowest BCUT2D eigenvalue weighted by atomic mass is 9.95. The number of pyridine rings is 1. The normalized spacial score (nSPS) is 18.1. The van der Waals surface area contributed by atoms with E-state index < -0.39 is 17.7 Å². The molecule has 1 aromatic heterocycles. The monoisotopic (exact) mass is 590 g/mol. The minimum absolute atomic E-state index is 0.0226. The Morgan fingerprint density at radius 1 is 0.833 bits per heavy atom. The van der Waals surface area contributed by atoms with Crippen molar-refractivity contribution < 1.29 is 14.7 Å². The minimum Gasteiger partial charge on any atom is -0.507 e. The van der Waals surface area contributed by atoms with E-state index in [1.807, 2.05) is 12.1 Å². The average Bonchev–Trinajstić information content (AvgIpc) is 3.00. The van der Waals surface area contributed by atoms with E-state index in [0.29, 0.717) is 16.9 Å². The second-order valence-corrected chi connectivity index (χ2v) is 9.31. The molecule has 1 atom stereocenters. The summed E-state index contributed by atoms with van der Waals surface area (Å²) in [5.41, 5.74) is 1.15. The van der Waals surface area contributed by atoms with E-state index in [1.165, 1.54) is 4.90 Å². The van der Waals surface area contributed by atoms with Crippen LogP contribution < -0.4 is 4.90 Å². The fourth-order valence-electron chi connectivity index (χ4n) is 3.30. The number of halogens is 3.